The number of ether oxygens (including phenoxy) is 1. The summed E-state index contributed by atoms with van der Waals surface area (Å²) in [4.78, 5) is 0. The molecule has 1 N–H and O–H groups in total. The standard InChI is InChI=1S/C8H15N3OS/c1-4-9-8-7(10-11-13-8)5-12-6(2)3/h6,9H,4-5H2,1-3H3. The highest BCUT2D eigenvalue weighted by Gasteiger charge is 2.07. The molecule has 1 rings (SSSR count). The summed E-state index contributed by atoms with van der Waals surface area (Å²) < 4.78 is 9.31. The number of hydrogen-bond acceptors (Lipinski definition) is 5. The fourth-order valence-corrected chi connectivity index (χ4v) is 1.48. The molecule has 0 bridgehead atoms. The van der Waals surface area contributed by atoms with E-state index in [-0.39, 0.29) is 6.10 Å². The predicted molar refractivity (Wildman–Crippen MR) is 54.0 cm³/mol. The van der Waals surface area contributed by atoms with Crippen LogP contribution in [-0.4, -0.2) is 22.2 Å². The maximum absolute atomic E-state index is 5.44. The van der Waals surface area contributed by atoms with E-state index in [1.807, 2.05) is 20.8 Å². The third-order valence-electron chi connectivity index (χ3n) is 1.45. The lowest BCUT2D eigenvalue weighted by molar-refractivity contribution is 0.0639. The lowest BCUT2D eigenvalue weighted by Crippen LogP contribution is -2.05. The van der Waals surface area contributed by atoms with Crippen molar-refractivity contribution in [1.82, 2.24) is 9.59 Å². The molecule has 4 nitrogen and oxygen atoms in total. The molecule has 0 saturated carbocycles. The van der Waals surface area contributed by atoms with Gasteiger partial charge in [-0.3, -0.25) is 0 Å². The van der Waals surface area contributed by atoms with Gasteiger partial charge in [0.05, 0.1) is 12.7 Å². The Bertz CT molecular complexity index is 249. The Balaban J connectivity index is 2.49. The SMILES string of the molecule is CCNc1snnc1COC(C)C. The zero-order valence-electron chi connectivity index (χ0n) is 8.20. The molecule has 0 atom stereocenters. The molecular formula is C8H15N3OS. The Morgan fingerprint density at radius 2 is 2.31 bits per heavy atom. The predicted octanol–water partition coefficient (Wildman–Crippen LogP) is 1.89. The van der Waals surface area contributed by atoms with Crippen molar-refractivity contribution < 1.29 is 4.74 Å². The molecule has 1 aromatic rings. The number of nitrogens with zero attached hydrogens (tertiary/aromatic N) is 2. The normalized spacial score (nSPS) is 10.8. The van der Waals surface area contributed by atoms with Crippen LogP contribution < -0.4 is 5.32 Å². The number of anilines is 1. The first kappa shape index (κ1) is 10.4. The number of hydrogen-bond donors (Lipinski definition) is 1. The maximum Gasteiger partial charge on any atom is 0.135 e. The van der Waals surface area contributed by atoms with Crippen molar-refractivity contribution in [3.05, 3.63) is 5.69 Å². The summed E-state index contributed by atoms with van der Waals surface area (Å²) >= 11 is 1.37. The van der Waals surface area contributed by atoms with Gasteiger partial charge < -0.3 is 10.1 Å². The van der Waals surface area contributed by atoms with Crippen LogP contribution in [0.2, 0.25) is 0 Å². The van der Waals surface area contributed by atoms with Gasteiger partial charge in [0, 0.05) is 18.1 Å². The number of aromatic nitrogens is 2. The Kier molecular flexibility index (Phi) is 4.11. The highest BCUT2D eigenvalue weighted by Crippen LogP contribution is 2.18. The summed E-state index contributed by atoms with van der Waals surface area (Å²) in [6.45, 7) is 7.49. The van der Waals surface area contributed by atoms with Crippen molar-refractivity contribution >= 4 is 16.5 Å². The second-order valence-corrected chi connectivity index (χ2v) is 3.69. The molecule has 0 amide bonds. The van der Waals surface area contributed by atoms with E-state index in [4.69, 9.17) is 4.74 Å². The first-order chi connectivity index (χ1) is 6.24. The monoisotopic (exact) mass is 201 g/mol. The van der Waals surface area contributed by atoms with Crippen LogP contribution in [0.15, 0.2) is 0 Å². The highest BCUT2D eigenvalue weighted by atomic mass is 32.1. The molecule has 5 heteroatoms. The van der Waals surface area contributed by atoms with Gasteiger partial charge >= 0.3 is 0 Å². The fourth-order valence-electron chi connectivity index (χ4n) is 0.843. The lowest BCUT2D eigenvalue weighted by atomic mass is 10.4. The molecule has 0 fully saturated rings. The highest BCUT2D eigenvalue weighted by molar-refractivity contribution is 7.10. The first-order valence-corrected chi connectivity index (χ1v) is 5.18. The van der Waals surface area contributed by atoms with E-state index in [9.17, 15) is 0 Å². The second kappa shape index (κ2) is 5.14. The molecule has 0 spiro atoms. The van der Waals surface area contributed by atoms with Gasteiger partial charge in [0.2, 0.25) is 0 Å². The molecule has 0 unspecified atom stereocenters. The Labute approximate surface area is 82.5 Å². The van der Waals surface area contributed by atoms with Crippen LogP contribution in [0.3, 0.4) is 0 Å². The van der Waals surface area contributed by atoms with Crippen LogP contribution in [0, 0.1) is 0 Å². The van der Waals surface area contributed by atoms with E-state index in [0.29, 0.717) is 6.61 Å². The van der Waals surface area contributed by atoms with E-state index in [1.54, 1.807) is 0 Å². The summed E-state index contributed by atoms with van der Waals surface area (Å²) in [5.74, 6) is 0. The van der Waals surface area contributed by atoms with Gasteiger partial charge in [0.25, 0.3) is 0 Å². The Hall–Kier alpha value is -0.680. The molecule has 0 aliphatic carbocycles. The van der Waals surface area contributed by atoms with E-state index < -0.39 is 0 Å². The van der Waals surface area contributed by atoms with Crippen LogP contribution in [-0.2, 0) is 11.3 Å². The second-order valence-electron chi connectivity index (χ2n) is 2.94. The van der Waals surface area contributed by atoms with Crippen molar-refractivity contribution in [1.29, 1.82) is 0 Å². The van der Waals surface area contributed by atoms with Crippen molar-refractivity contribution in [3.8, 4) is 0 Å². The summed E-state index contributed by atoms with van der Waals surface area (Å²) in [5, 5.41) is 8.20. The molecule has 0 aromatic carbocycles. The minimum atomic E-state index is 0.233. The zero-order chi connectivity index (χ0) is 9.68. The molecule has 74 valence electrons. The van der Waals surface area contributed by atoms with E-state index in [0.717, 1.165) is 17.2 Å². The molecule has 0 saturated heterocycles. The molecule has 0 aliphatic heterocycles. The third kappa shape index (κ3) is 3.28. The fraction of sp³-hybridized carbons (Fsp3) is 0.750. The van der Waals surface area contributed by atoms with Crippen molar-refractivity contribution in [2.45, 2.75) is 33.5 Å². The van der Waals surface area contributed by atoms with Gasteiger partial charge in [-0.1, -0.05) is 4.49 Å². The van der Waals surface area contributed by atoms with Gasteiger partial charge in [-0.15, -0.1) is 5.10 Å². The van der Waals surface area contributed by atoms with Crippen molar-refractivity contribution in [2.24, 2.45) is 0 Å². The third-order valence-corrected chi connectivity index (χ3v) is 2.17. The van der Waals surface area contributed by atoms with Crippen LogP contribution in [0.25, 0.3) is 0 Å². The van der Waals surface area contributed by atoms with Gasteiger partial charge in [0.1, 0.15) is 10.7 Å². The Morgan fingerprint density at radius 1 is 1.54 bits per heavy atom. The van der Waals surface area contributed by atoms with Crippen LogP contribution >= 0.6 is 11.5 Å². The topological polar surface area (TPSA) is 47.0 Å². The lowest BCUT2D eigenvalue weighted by Gasteiger charge is -2.06. The van der Waals surface area contributed by atoms with Gasteiger partial charge in [-0.25, -0.2) is 0 Å². The van der Waals surface area contributed by atoms with Crippen LogP contribution in [0.1, 0.15) is 26.5 Å². The smallest absolute Gasteiger partial charge is 0.135 e. The van der Waals surface area contributed by atoms with E-state index in [1.165, 1.54) is 11.5 Å². The molecule has 1 heterocycles. The van der Waals surface area contributed by atoms with Gasteiger partial charge in [-0.2, -0.15) is 0 Å². The summed E-state index contributed by atoms with van der Waals surface area (Å²) in [6, 6.07) is 0. The largest absolute Gasteiger partial charge is 0.374 e. The summed E-state index contributed by atoms with van der Waals surface area (Å²) in [5.41, 5.74) is 0.903. The molecule has 0 aliphatic rings. The van der Waals surface area contributed by atoms with Gasteiger partial charge in [0.15, 0.2) is 0 Å². The van der Waals surface area contributed by atoms with E-state index in [2.05, 4.69) is 14.9 Å². The van der Waals surface area contributed by atoms with Crippen LogP contribution in [0.4, 0.5) is 5.00 Å². The van der Waals surface area contributed by atoms with E-state index >= 15 is 0 Å². The maximum atomic E-state index is 5.44. The van der Waals surface area contributed by atoms with Gasteiger partial charge in [-0.05, 0) is 20.8 Å². The quantitative estimate of drug-likeness (QED) is 0.790. The van der Waals surface area contributed by atoms with Crippen LogP contribution in [0.5, 0.6) is 0 Å². The molecule has 1 aromatic heterocycles. The molecular weight excluding hydrogens is 186 g/mol. The first-order valence-electron chi connectivity index (χ1n) is 4.40. The minimum absolute atomic E-state index is 0.233. The van der Waals surface area contributed by atoms with Crippen molar-refractivity contribution in [3.63, 3.8) is 0 Å². The average Bonchev–Trinajstić information content (AvgIpc) is 2.49. The molecule has 0 radical (unpaired) electrons. The number of rotatable bonds is 5. The summed E-state index contributed by atoms with van der Waals surface area (Å²) in [6.07, 6.45) is 0.233. The zero-order valence-corrected chi connectivity index (χ0v) is 9.02. The summed E-state index contributed by atoms with van der Waals surface area (Å²) in [7, 11) is 0. The Morgan fingerprint density at radius 3 is 2.92 bits per heavy atom. The minimum Gasteiger partial charge on any atom is -0.374 e. The van der Waals surface area contributed by atoms with Crippen molar-refractivity contribution in [2.75, 3.05) is 11.9 Å². The molecule has 13 heavy (non-hydrogen) atoms. The average molecular weight is 201 g/mol. The number of nitrogens with one attached hydrogen (secondary N) is 1.